The molecule has 0 saturated carbocycles. The Kier molecular flexibility index (Phi) is 3.88. The van der Waals surface area contributed by atoms with Gasteiger partial charge in [0.1, 0.15) is 5.76 Å². The number of anilines is 1. The summed E-state index contributed by atoms with van der Waals surface area (Å²) >= 11 is 0. The van der Waals surface area contributed by atoms with Crippen LogP contribution in [-0.4, -0.2) is 35.6 Å². The first-order valence-corrected chi connectivity index (χ1v) is 7.55. The van der Waals surface area contributed by atoms with Crippen LogP contribution in [0.1, 0.15) is 23.9 Å². The van der Waals surface area contributed by atoms with Gasteiger partial charge in [0, 0.05) is 37.9 Å². The molecule has 2 heterocycles. The van der Waals surface area contributed by atoms with Crippen molar-refractivity contribution in [3.8, 4) is 0 Å². The smallest absolute Gasteiger partial charge is 0.229 e. The Hall–Kier alpha value is -2.30. The zero-order valence-electron chi connectivity index (χ0n) is 13.2. The third-order valence-corrected chi connectivity index (χ3v) is 4.14. The van der Waals surface area contributed by atoms with Crippen LogP contribution in [0, 0.1) is 6.92 Å². The molecule has 1 aliphatic rings. The minimum atomic E-state index is 0.0888. The van der Waals surface area contributed by atoms with Crippen molar-refractivity contribution in [2.75, 3.05) is 18.5 Å². The van der Waals surface area contributed by atoms with Crippen LogP contribution in [0.25, 0.3) is 0 Å². The van der Waals surface area contributed by atoms with E-state index in [1.54, 1.807) is 0 Å². The highest BCUT2D eigenvalue weighted by molar-refractivity contribution is 5.79. The molecule has 5 nitrogen and oxygen atoms in total. The molecule has 0 N–H and O–H groups in total. The van der Waals surface area contributed by atoms with E-state index >= 15 is 0 Å². The number of hydrogen-bond donors (Lipinski definition) is 0. The average Bonchev–Trinajstić information content (AvgIpc) is 2.84. The van der Waals surface area contributed by atoms with E-state index in [2.05, 4.69) is 36.2 Å². The summed E-state index contributed by atoms with van der Waals surface area (Å²) in [6, 6.07) is 10.2. The number of benzene rings is 1. The Morgan fingerprint density at radius 1 is 1.41 bits per heavy atom. The van der Waals surface area contributed by atoms with Gasteiger partial charge in [0.25, 0.3) is 0 Å². The maximum atomic E-state index is 12.7. The average molecular weight is 299 g/mol. The van der Waals surface area contributed by atoms with Gasteiger partial charge in [0.2, 0.25) is 5.91 Å². The van der Waals surface area contributed by atoms with Gasteiger partial charge in [-0.2, -0.15) is 0 Å². The molecule has 5 heteroatoms. The van der Waals surface area contributed by atoms with Crippen molar-refractivity contribution in [3.05, 3.63) is 47.3 Å². The van der Waals surface area contributed by atoms with E-state index in [4.69, 9.17) is 4.52 Å². The first-order valence-electron chi connectivity index (χ1n) is 7.55. The van der Waals surface area contributed by atoms with Crippen molar-refractivity contribution in [3.63, 3.8) is 0 Å². The predicted octanol–water partition coefficient (Wildman–Crippen LogP) is 2.39. The van der Waals surface area contributed by atoms with E-state index in [0.717, 1.165) is 12.3 Å². The highest BCUT2D eigenvalue weighted by atomic mass is 16.5. The number of hydrogen-bond acceptors (Lipinski definition) is 4. The van der Waals surface area contributed by atoms with E-state index < -0.39 is 0 Å². The molecule has 0 radical (unpaired) electrons. The molecule has 0 bridgehead atoms. The summed E-state index contributed by atoms with van der Waals surface area (Å²) < 4.78 is 5.05. The molecule has 3 rings (SSSR count). The summed E-state index contributed by atoms with van der Waals surface area (Å²) in [6.45, 7) is 5.38. The topological polar surface area (TPSA) is 49.6 Å². The van der Waals surface area contributed by atoms with E-state index in [1.165, 1.54) is 11.3 Å². The number of fused-ring (bicyclic) bond motifs is 1. The lowest BCUT2D eigenvalue weighted by atomic mass is 10.1. The standard InChI is InChI=1S/C17H21N3O2/c1-12-10-19(3)16-7-5-4-6-14(16)11-20(12)17(21)9-15-8-13(2)22-18-15/h4-8,12H,9-11H2,1-3H3. The van der Waals surface area contributed by atoms with E-state index in [9.17, 15) is 4.79 Å². The fourth-order valence-corrected chi connectivity index (χ4v) is 3.04. The Morgan fingerprint density at radius 2 is 2.18 bits per heavy atom. The zero-order chi connectivity index (χ0) is 15.7. The predicted molar refractivity (Wildman–Crippen MR) is 84.7 cm³/mol. The number of nitrogens with zero attached hydrogens (tertiary/aromatic N) is 3. The van der Waals surface area contributed by atoms with Crippen molar-refractivity contribution in [2.45, 2.75) is 32.9 Å². The minimum Gasteiger partial charge on any atom is -0.372 e. The van der Waals surface area contributed by atoms with Crippen LogP contribution < -0.4 is 4.90 Å². The molecule has 1 aromatic heterocycles. The van der Waals surface area contributed by atoms with Crippen molar-refractivity contribution in [1.29, 1.82) is 0 Å². The molecular formula is C17H21N3O2. The second-order valence-corrected chi connectivity index (χ2v) is 5.99. The monoisotopic (exact) mass is 299 g/mol. The largest absolute Gasteiger partial charge is 0.372 e. The van der Waals surface area contributed by atoms with Gasteiger partial charge >= 0.3 is 0 Å². The van der Waals surface area contributed by atoms with Gasteiger partial charge in [-0.05, 0) is 25.5 Å². The molecule has 116 valence electrons. The fraction of sp³-hybridized carbons (Fsp3) is 0.412. The summed E-state index contributed by atoms with van der Waals surface area (Å²) in [5, 5.41) is 3.93. The second kappa shape index (κ2) is 5.83. The Bertz CT molecular complexity index is 680. The normalized spacial score (nSPS) is 18.0. The molecule has 1 amide bonds. The summed E-state index contributed by atoms with van der Waals surface area (Å²) in [5.41, 5.74) is 3.07. The summed E-state index contributed by atoms with van der Waals surface area (Å²) in [6.07, 6.45) is 0.285. The number of aromatic nitrogens is 1. The van der Waals surface area contributed by atoms with Crippen LogP contribution in [0.5, 0.6) is 0 Å². The molecule has 1 aliphatic heterocycles. The first-order chi connectivity index (χ1) is 10.5. The van der Waals surface area contributed by atoms with Crippen LogP contribution in [0.15, 0.2) is 34.9 Å². The van der Waals surface area contributed by atoms with Gasteiger partial charge in [-0.3, -0.25) is 4.79 Å². The minimum absolute atomic E-state index is 0.0888. The lowest BCUT2D eigenvalue weighted by Crippen LogP contribution is -2.42. The molecule has 2 aromatic rings. The molecule has 1 unspecified atom stereocenters. The van der Waals surface area contributed by atoms with Crippen molar-refractivity contribution >= 4 is 11.6 Å². The molecular weight excluding hydrogens is 278 g/mol. The lowest BCUT2D eigenvalue weighted by molar-refractivity contribution is -0.133. The Balaban J connectivity index is 1.82. The lowest BCUT2D eigenvalue weighted by Gasteiger charge is -2.28. The van der Waals surface area contributed by atoms with Crippen molar-refractivity contribution in [2.24, 2.45) is 0 Å². The quantitative estimate of drug-likeness (QED) is 0.854. The van der Waals surface area contributed by atoms with Gasteiger partial charge < -0.3 is 14.3 Å². The Labute approximate surface area is 130 Å². The second-order valence-electron chi connectivity index (χ2n) is 5.99. The molecule has 0 spiro atoms. The summed E-state index contributed by atoms with van der Waals surface area (Å²) in [7, 11) is 2.07. The van der Waals surface area contributed by atoms with Gasteiger partial charge in [-0.15, -0.1) is 0 Å². The fourth-order valence-electron chi connectivity index (χ4n) is 3.04. The third kappa shape index (κ3) is 2.84. The molecule has 0 aliphatic carbocycles. The van der Waals surface area contributed by atoms with Crippen LogP contribution in [0.2, 0.25) is 0 Å². The van der Waals surface area contributed by atoms with Crippen LogP contribution in [0.3, 0.4) is 0 Å². The van der Waals surface area contributed by atoms with Gasteiger partial charge in [0.05, 0.1) is 12.1 Å². The Morgan fingerprint density at radius 3 is 2.91 bits per heavy atom. The van der Waals surface area contributed by atoms with E-state index in [0.29, 0.717) is 12.2 Å². The maximum absolute atomic E-state index is 12.7. The third-order valence-electron chi connectivity index (χ3n) is 4.14. The number of carbonyl (C=O) groups excluding carboxylic acids is 1. The summed E-state index contributed by atoms with van der Waals surface area (Å²) in [4.78, 5) is 16.8. The molecule has 0 fully saturated rings. The highest BCUT2D eigenvalue weighted by Gasteiger charge is 2.27. The maximum Gasteiger partial charge on any atom is 0.229 e. The van der Waals surface area contributed by atoms with E-state index in [1.807, 2.05) is 30.0 Å². The SMILES string of the molecule is Cc1cc(CC(=O)N2Cc3ccccc3N(C)CC2C)no1. The van der Waals surface area contributed by atoms with Crippen molar-refractivity contribution < 1.29 is 9.32 Å². The van der Waals surface area contributed by atoms with Crippen LogP contribution in [0.4, 0.5) is 5.69 Å². The number of rotatable bonds is 2. The molecule has 0 saturated heterocycles. The zero-order valence-corrected chi connectivity index (χ0v) is 13.2. The van der Waals surface area contributed by atoms with Gasteiger partial charge in [-0.1, -0.05) is 23.4 Å². The molecule has 22 heavy (non-hydrogen) atoms. The van der Waals surface area contributed by atoms with Crippen LogP contribution in [-0.2, 0) is 17.8 Å². The van der Waals surface area contributed by atoms with Gasteiger partial charge in [0.15, 0.2) is 0 Å². The number of likely N-dealkylation sites (N-methyl/N-ethyl adjacent to an activating group) is 1. The van der Waals surface area contributed by atoms with Crippen LogP contribution >= 0.6 is 0 Å². The van der Waals surface area contributed by atoms with E-state index in [-0.39, 0.29) is 18.4 Å². The number of amides is 1. The summed E-state index contributed by atoms with van der Waals surface area (Å²) in [5.74, 6) is 0.822. The number of carbonyl (C=O) groups is 1. The first kappa shape index (κ1) is 14.6. The number of aryl methyl sites for hydroxylation is 1. The number of para-hydroxylation sites is 1. The highest BCUT2D eigenvalue weighted by Crippen LogP contribution is 2.26. The molecule has 1 aromatic carbocycles. The van der Waals surface area contributed by atoms with Crippen molar-refractivity contribution in [1.82, 2.24) is 10.1 Å². The molecule has 1 atom stereocenters. The van der Waals surface area contributed by atoms with Gasteiger partial charge in [-0.25, -0.2) is 0 Å².